The number of benzene rings is 2. The van der Waals surface area contributed by atoms with Crippen molar-refractivity contribution in [3.8, 4) is 11.5 Å². The Labute approximate surface area is 112 Å². The number of ether oxygens (including phenoxy) is 1. The van der Waals surface area contributed by atoms with Gasteiger partial charge in [-0.15, -0.1) is 0 Å². The second-order valence-corrected chi connectivity index (χ2v) is 3.93. The van der Waals surface area contributed by atoms with Gasteiger partial charge in [-0.05, 0) is 36.4 Å². The van der Waals surface area contributed by atoms with E-state index >= 15 is 0 Å². The van der Waals surface area contributed by atoms with Crippen molar-refractivity contribution >= 4 is 5.97 Å². The Morgan fingerprint density at radius 2 is 1.60 bits per heavy atom. The van der Waals surface area contributed by atoms with Crippen LogP contribution in [0.15, 0.2) is 48.5 Å². The first-order valence-electron chi connectivity index (χ1n) is 5.55. The highest BCUT2D eigenvalue weighted by atomic mass is 19.4. The van der Waals surface area contributed by atoms with Gasteiger partial charge in [0.25, 0.3) is 0 Å². The number of carbonyl (C=O) groups is 1. The van der Waals surface area contributed by atoms with Crippen LogP contribution in [0.4, 0.5) is 13.2 Å². The molecule has 6 heteroatoms. The first kappa shape index (κ1) is 13.9. The second kappa shape index (κ2) is 5.24. The van der Waals surface area contributed by atoms with Gasteiger partial charge in [-0.3, -0.25) is 0 Å². The van der Waals surface area contributed by atoms with E-state index in [0.717, 1.165) is 24.3 Å². The van der Waals surface area contributed by atoms with E-state index < -0.39 is 17.7 Å². The van der Waals surface area contributed by atoms with Crippen LogP contribution in [-0.4, -0.2) is 11.1 Å². The van der Waals surface area contributed by atoms with Gasteiger partial charge in [-0.2, -0.15) is 13.2 Å². The van der Waals surface area contributed by atoms with Gasteiger partial charge < -0.3 is 9.84 Å². The molecule has 3 nitrogen and oxygen atoms in total. The first-order valence-corrected chi connectivity index (χ1v) is 5.55. The van der Waals surface area contributed by atoms with Crippen LogP contribution >= 0.6 is 0 Å². The van der Waals surface area contributed by atoms with Crippen molar-refractivity contribution in [1.29, 1.82) is 0 Å². The van der Waals surface area contributed by atoms with Crippen LogP contribution in [0.1, 0.15) is 15.9 Å². The summed E-state index contributed by atoms with van der Waals surface area (Å²) in [5.74, 6) is -1.13. The van der Waals surface area contributed by atoms with Crippen LogP contribution in [0.2, 0.25) is 0 Å². The molecule has 0 saturated carbocycles. The molecule has 0 unspecified atom stereocenters. The molecule has 104 valence electrons. The normalized spacial score (nSPS) is 11.2. The summed E-state index contributed by atoms with van der Waals surface area (Å²) in [6.07, 6.45) is -4.46. The maximum absolute atomic E-state index is 12.4. The highest BCUT2D eigenvalue weighted by Crippen LogP contribution is 2.29. The van der Waals surface area contributed by atoms with Crippen LogP contribution in [0.3, 0.4) is 0 Å². The summed E-state index contributed by atoms with van der Waals surface area (Å²) in [7, 11) is 0. The van der Waals surface area contributed by atoms with Gasteiger partial charge in [-0.1, -0.05) is 12.1 Å². The van der Waals surface area contributed by atoms with Crippen molar-refractivity contribution < 1.29 is 27.8 Å². The predicted molar refractivity (Wildman–Crippen MR) is 64.5 cm³/mol. The molecule has 0 atom stereocenters. The van der Waals surface area contributed by atoms with Crippen molar-refractivity contribution in [3.63, 3.8) is 0 Å². The Kier molecular flexibility index (Phi) is 3.65. The zero-order valence-corrected chi connectivity index (χ0v) is 10.0. The van der Waals surface area contributed by atoms with Crippen LogP contribution in [0, 0.1) is 0 Å². The quantitative estimate of drug-likeness (QED) is 0.675. The standard InChI is InChI=1S/C14H9F3O3/c15-14(16,17)10-7-5-9(6-8-10)13(19)20-12-4-2-1-3-11(12)18/h1-8,18H. The summed E-state index contributed by atoms with van der Waals surface area (Å²) in [4.78, 5) is 11.7. The number of aromatic hydroxyl groups is 1. The number of halogens is 3. The lowest BCUT2D eigenvalue weighted by atomic mass is 10.1. The van der Waals surface area contributed by atoms with E-state index in [-0.39, 0.29) is 17.1 Å². The lowest BCUT2D eigenvalue weighted by Crippen LogP contribution is -2.10. The molecule has 0 heterocycles. The van der Waals surface area contributed by atoms with E-state index in [4.69, 9.17) is 4.74 Å². The van der Waals surface area contributed by atoms with Crippen molar-refractivity contribution in [2.24, 2.45) is 0 Å². The van der Waals surface area contributed by atoms with Crippen molar-refractivity contribution in [2.45, 2.75) is 6.18 Å². The minimum absolute atomic E-state index is 0.0405. The Bertz CT molecular complexity index is 618. The Hall–Kier alpha value is -2.50. The fourth-order valence-corrected chi connectivity index (χ4v) is 1.50. The average molecular weight is 282 g/mol. The second-order valence-electron chi connectivity index (χ2n) is 3.93. The summed E-state index contributed by atoms with van der Waals surface area (Å²) in [6.45, 7) is 0. The SMILES string of the molecule is O=C(Oc1ccccc1O)c1ccc(C(F)(F)F)cc1. The van der Waals surface area contributed by atoms with E-state index in [1.54, 1.807) is 12.1 Å². The maximum atomic E-state index is 12.4. The van der Waals surface area contributed by atoms with Gasteiger partial charge in [0.15, 0.2) is 11.5 Å². The molecular weight excluding hydrogens is 273 g/mol. The number of hydrogen-bond donors (Lipinski definition) is 1. The van der Waals surface area contributed by atoms with Gasteiger partial charge in [0.2, 0.25) is 0 Å². The number of esters is 1. The molecular formula is C14H9F3O3. The molecule has 0 bridgehead atoms. The molecule has 0 aliphatic carbocycles. The Balaban J connectivity index is 2.16. The topological polar surface area (TPSA) is 46.5 Å². The Morgan fingerprint density at radius 3 is 2.15 bits per heavy atom. The summed E-state index contributed by atoms with van der Waals surface area (Å²) in [6, 6.07) is 9.42. The van der Waals surface area contributed by atoms with E-state index in [9.17, 15) is 23.1 Å². The largest absolute Gasteiger partial charge is 0.504 e. The number of para-hydroxylation sites is 2. The molecule has 0 spiro atoms. The molecule has 0 saturated heterocycles. The molecule has 0 fully saturated rings. The van der Waals surface area contributed by atoms with E-state index in [0.29, 0.717) is 0 Å². The molecule has 0 aliphatic rings. The number of phenolic OH excluding ortho intramolecular Hbond substituents is 1. The van der Waals surface area contributed by atoms with Crippen LogP contribution in [-0.2, 0) is 6.18 Å². The van der Waals surface area contributed by atoms with Crippen molar-refractivity contribution in [3.05, 3.63) is 59.7 Å². The fraction of sp³-hybridized carbons (Fsp3) is 0.0714. The van der Waals surface area contributed by atoms with Gasteiger partial charge in [-0.25, -0.2) is 4.79 Å². The molecule has 2 rings (SSSR count). The first-order chi connectivity index (χ1) is 9.38. The van der Waals surface area contributed by atoms with E-state index in [1.807, 2.05) is 0 Å². The zero-order chi connectivity index (χ0) is 14.8. The van der Waals surface area contributed by atoms with Gasteiger partial charge >= 0.3 is 12.1 Å². The van der Waals surface area contributed by atoms with Crippen molar-refractivity contribution in [1.82, 2.24) is 0 Å². The lowest BCUT2D eigenvalue weighted by molar-refractivity contribution is -0.137. The molecule has 0 aromatic heterocycles. The highest BCUT2D eigenvalue weighted by molar-refractivity contribution is 5.91. The summed E-state index contributed by atoms with van der Waals surface area (Å²) in [5, 5.41) is 9.43. The van der Waals surface area contributed by atoms with Gasteiger partial charge in [0, 0.05) is 0 Å². The number of carbonyl (C=O) groups excluding carboxylic acids is 1. The smallest absolute Gasteiger partial charge is 0.416 e. The maximum Gasteiger partial charge on any atom is 0.416 e. The predicted octanol–water partition coefficient (Wildman–Crippen LogP) is 3.63. The van der Waals surface area contributed by atoms with Crippen LogP contribution < -0.4 is 4.74 Å². The van der Waals surface area contributed by atoms with Crippen LogP contribution in [0.25, 0.3) is 0 Å². The molecule has 1 N–H and O–H groups in total. The monoisotopic (exact) mass is 282 g/mol. The van der Waals surface area contributed by atoms with Crippen LogP contribution in [0.5, 0.6) is 11.5 Å². The Morgan fingerprint density at radius 1 is 1.00 bits per heavy atom. The molecule has 0 radical (unpaired) electrons. The molecule has 20 heavy (non-hydrogen) atoms. The average Bonchev–Trinajstić information content (AvgIpc) is 2.40. The zero-order valence-electron chi connectivity index (χ0n) is 10.0. The summed E-state index contributed by atoms with van der Waals surface area (Å²) >= 11 is 0. The minimum atomic E-state index is -4.46. The van der Waals surface area contributed by atoms with E-state index in [1.165, 1.54) is 12.1 Å². The summed E-state index contributed by atoms with van der Waals surface area (Å²) in [5.41, 5.74) is -0.891. The number of alkyl halides is 3. The molecule has 2 aromatic carbocycles. The molecule has 0 aliphatic heterocycles. The number of rotatable bonds is 2. The fourth-order valence-electron chi connectivity index (χ4n) is 1.50. The van der Waals surface area contributed by atoms with Gasteiger partial charge in [0.05, 0.1) is 11.1 Å². The molecule has 0 amide bonds. The van der Waals surface area contributed by atoms with E-state index in [2.05, 4.69) is 0 Å². The van der Waals surface area contributed by atoms with Crippen molar-refractivity contribution in [2.75, 3.05) is 0 Å². The lowest BCUT2D eigenvalue weighted by Gasteiger charge is -2.08. The number of phenols is 1. The third-order valence-corrected chi connectivity index (χ3v) is 2.52. The third kappa shape index (κ3) is 3.09. The minimum Gasteiger partial charge on any atom is -0.504 e. The highest BCUT2D eigenvalue weighted by Gasteiger charge is 2.30. The third-order valence-electron chi connectivity index (χ3n) is 2.52. The summed E-state index contributed by atoms with van der Waals surface area (Å²) < 4.78 is 42.0. The molecule has 2 aromatic rings. The van der Waals surface area contributed by atoms with Gasteiger partial charge in [0.1, 0.15) is 0 Å². The number of hydrogen-bond acceptors (Lipinski definition) is 3.